The van der Waals surface area contributed by atoms with E-state index in [1.54, 1.807) is 30.3 Å². The van der Waals surface area contributed by atoms with Gasteiger partial charge in [-0.15, -0.1) is 0 Å². The Bertz CT molecular complexity index is 859. The van der Waals surface area contributed by atoms with Crippen LogP contribution in [0.25, 0.3) is 0 Å². The summed E-state index contributed by atoms with van der Waals surface area (Å²) >= 11 is 0. The van der Waals surface area contributed by atoms with E-state index in [0.29, 0.717) is 47.2 Å². The van der Waals surface area contributed by atoms with Crippen LogP contribution in [0, 0.1) is 0 Å². The Hall–Kier alpha value is -3.42. The number of benzene rings is 2. The van der Waals surface area contributed by atoms with E-state index in [0.717, 1.165) is 0 Å². The lowest BCUT2D eigenvalue weighted by atomic mass is 10.1. The number of anilines is 1. The first-order valence-corrected chi connectivity index (χ1v) is 9.51. The van der Waals surface area contributed by atoms with Crippen LogP contribution in [0.15, 0.2) is 36.4 Å². The van der Waals surface area contributed by atoms with Crippen molar-refractivity contribution in [2.24, 2.45) is 0 Å². The van der Waals surface area contributed by atoms with E-state index in [2.05, 4.69) is 5.32 Å². The van der Waals surface area contributed by atoms with E-state index in [4.69, 9.17) is 18.9 Å². The van der Waals surface area contributed by atoms with Gasteiger partial charge in [0.05, 0.1) is 34.1 Å². The minimum Gasteiger partial charge on any atom is -0.495 e. The second-order valence-corrected chi connectivity index (χ2v) is 6.39. The molecular weight excluding hydrogens is 388 g/mol. The average Bonchev–Trinajstić information content (AvgIpc) is 2.77. The first-order valence-electron chi connectivity index (χ1n) is 9.51. The number of para-hydroxylation sites is 2. The third-order valence-corrected chi connectivity index (χ3v) is 4.41. The highest BCUT2D eigenvalue weighted by Crippen LogP contribution is 2.38. The molecular formula is C22H28N2O6. The molecule has 0 unspecified atom stereocenters. The Kier molecular flexibility index (Phi) is 8.34. The average molecular weight is 416 g/mol. The zero-order valence-electron chi connectivity index (χ0n) is 18.0. The van der Waals surface area contributed by atoms with Crippen molar-refractivity contribution in [1.29, 1.82) is 0 Å². The Morgan fingerprint density at radius 2 is 1.50 bits per heavy atom. The zero-order chi connectivity index (χ0) is 22.1. The summed E-state index contributed by atoms with van der Waals surface area (Å²) in [6.45, 7) is 2.24. The molecule has 2 aromatic rings. The van der Waals surface area contributed by atoms with Crippen LogP contribution in [-0.4, -0.2) is 58.2 Å². The number of amides is 2. The molecule has 0 saturated heterocycles. The van der Waals surface area contributed by atoms with Gasteiger partial charge in [-0.3, -0.25) is 9.59 Å². The Morgan fingerprint density at radius 3 is 2.03 bits per heavy atom. The summed E-state index contributed by atoms with van der Waals surface area (Å²) in [5, 5.41) is 2.79. The van der Waals surface area contributed by atoms with Gasteiger partial charge < -0.3 is 29.2 Å². The number of hydrogen-bond donors (Lipinski definition) is 1. The van der Waals surface area contributed by atoms with E-state index < -0.39 is 0 Å². The zero-order valence-corrected chi connectivity index (χ0v) is 18.0. The van der Waals surface area contributed by atoms with Gasteiger partial charge in [-0.25, -0.2) is 0 Å². The molecule has 0 aromatic heterocycles. The lowest BCUT2D eigenvalue weighted by Gasteiger charge is -2.23. The number of methoxy groups -OCH3 is 4. The van der Waals surface area contributed by atoms with Crippen molar-refractivity contribution < 1.29 is 28.5 Å². The quantitative estimate of drug-likeness (QED) is 0.640. The molecule has 0 radical (unpaired) electrons. The molecule has 0 saturated carbocycles. The molecule has 2 amide bonds. The van der Waals surface area contributed by atoms with Crippen molar-refractivity contribution in [3.05, 3.63) is 42.0 Å². The maximum Gasteiger partial charge on any atom is 0.254 e. The standard InChI is InChI=1S/C22H28N2O6/c1-6-11-24(14-20(25)23-16-9-7-8-10-17(16)27-2)22(26)15-12-18(28-3)21(30-5)19(13-15)29-4/h7-10,12-13H,6,11,14H2,1-5H3,(H,23,25). The molecule has 0 fully saturated rings. The fraction of sp³-hybridized carbons (Fsp3) is 0.364. The maximum atomic E-state index is 13.2. The molecule has 162 valence electrons. The van der Waals surface area contributed by atoms with Gasteiger partial charge >= 0.3 is 0 Å². The lowest BCUT2D eigenvalue weighted by Crippen LogP contribution is -2.38. The third kappa shape index (κ3) is 5.34. The summed E-state index contributed by atoms with van der Waals surface area (Å²) < 4.78 is 21.2. The second-order valence-electron chi connectivity index (χ2n) is 6.39. The first kappa shape index (κ1) is 22.9. The normalized spacial score (nSPS) is 10.2. The molecule has 0 heterocycles. The number of nitrogens with one attached hydrogen (secondary N) is 1. The summed E-state index contributed by atoms with van der Waals surface area (Å²) in [4.78, 5) is 27.2. The monoisotopic (exact) mass is 416 g/mol. The van der Waals surface area contributed by atoms with Gasteiger partial charge in [0, 0.05) is 12.1 Å². The summed E-state index contributed by atoms with van der Waals surface area (Å²) in [6, 6.07) is 10.2. The van der Waals surface area contributed by atoms with Crippen molar-refractivity contribution in [1.82, 2.24) is 4.90 Å². The molecule has 8 heteroatoms. The summed E-state index contributed by atoms with van der Waals surface area (Å²) in [7, 11) is 5.99. The summed E-state index contributed by atoms with van der Waals surface area (Å²) in [5.74, 6) is 1.04. The minimum absolute atomic E-state index is 0.110. The molecule has 30 heavy (non-hydrogen) atoms. The van der Waals surface area contributed by atoms with Crippen molar-refractivity contribution >= 4 is 17.5 Å². The van der Waals surface area contributed by atoms with Crippen LogP contribution in [-0.2, 0) is 4.79 Å². The van der Waals surface area contributed by atoms with Crippen molar-refractivity contribution in [2.75, 3.05) is 46.8 Å². The SMILES string of the molecule is CCCN(CC(=O)Nc1ccccc1OC)C(=O)c1cc(OC)c(OC)c(OC)c1. The van der Waals surface area contributed by atoms with E-state index in [9.17, 15) is 9.59 Å². The summed E-state index contributed by atoms with van der Waals surface area (Å²) in [5.41, 5.74) is 0.879. The van der Waals surface area contributed by atoms with Crippen molar-refractivity contribution in [3.8, 4) is 23.0 Å². The molecule has 8 nitrogen and oxygen atoms in total. The van der Waals surface area contributed by atoms with Gasteiger partial charge in [0.25, 0.3) is 5.91 Å². The molecule has 0 bridgehead atoms. The third-order valence-electron chi connectivity index (χ3n) is 4.41. The number of nitrogens with zero attached hydrogens (tertiary/aromatic N) is 1. The van der Waals surface area contributed by atoms with Gasteiger partial charge in [0.1, 0.15) is 12.3 Å². The van der Waals surface area contributed by atoms with Crippen molar-refractivity contribution in [3.63, 3.8) is 0 Å². The van der Waals surface area contributed by atoms with Crippen LogP contribution in [0.4, 0.5) is 5.69 Å². The highest BCUT2D eigenvalue weighted by Gasteiger charge is 2.23. The molecule has 2 rings (SSSR count). The minimum atomic E-state index is -0.325. The molecule has 2 aromatic carbocycles. The van der Waals surface area contributed by atoms with Crippen LogP contribution in [0.2, 0.25) is 0 Å². The van der Waals surface area contributed by atoms with Gasteiger partial charge in [-0.1, -0.05) is 19.1 Å². The predicted octanol–water partition coefficient (Wildman–Crippen LogP) is 3.21. The van der Waals surface area contributed by atoms with E-state index >= 15 is 0 Å². The number of carbonyl (C=O) groups is 2. The van der Waals surface area contributed by atoms with E-state index in [-0.39, 0.29) is 18.4 Å². The van der Waals surface area contributed by atoms with Crippen LogP contribution < -0.4 is 24.3 Å². The summed E-state index contributed by atoms with van der Waals surface area (Å²) in [6.07, 6.45) is 0.693. The lowest BCUT2D eigenvalue weighted by molar-refractivity contribution is -0.116. The number of carbonyl (C=O) groups excluding carboxylic acids is 2. The molecule has 0 aliphatic heterocycles. The van der Waals surface area contributed by atoms with Gasteiger partial charge in [0.2, 0.25) is 11.7 Å². The Balaban J connectivity index is 2.25. The predicted molar refractivity (Wildman–Crippen MR) is 114 cm³/mol. The van der Waals surface area contributed by atoms with Gasteiger partial charge in [-0.05, 0) is 30.7 Å². The largest absolute Gasteiger partial charge is 0.495 e. The first-order chi connectivity index (χ1) is 14.5. The molecule has 0 aliphatic rings. The van der Waals surface area contributed by atoms with Crippen LogP contribution in [0.3, 0.4) is 0 Å². The number of rotatable bonds is 10. The smallest absolute Gasteiger partial charge is 0.254 e. The molecule has 1 N–H and O–H groups in total. The van der Waals surface area contributed by atoms with E-state index in [1.165, 1.54) is 33.3 Å². The highest BCUT2D eigenvalue weighted by molar-refractivity contribution is 6.00. The molecule has 0 spiro atoms. The van der Waals surface area contributed by atoms with Crippen LogP contribution in [0.1, 0.15) is 23.7 Å². The van der Waals surface area contributed by atoms with Gasteiger partial charge in [0.15, 0.2) is 11.5 Å². The highest BCUT2D eigenvalue weighted by atomic mass is 16.5. The maximum absolute atomic E-state index is 13.2. The topological polar surface area (TPSA) is 86.3 Å². The number of hydrogen-bond acceptors (Lipinski definition) is 6. The fourth-order valence-corrected chi connectivity index (χ4v) is 3.02. The number of ether oxygens (including phenoxy) is 4. The van der Waals surface area contributed by atoms with Crippen molar-refractivity contribution in [2.45, 2.75) is 13.3 Å². The fourth-order valence-electron chi connectivity index (χ4n) is 3.02. The van der Waals surface area contributed by atoms with Crippen LogP contribution >= 0.6 is 0 Å². The van der Waals surface area contributed by atoms with Crippen LogP contribution in [0.5, 0.6) is 23.0 Å². The van der Waals surface area contributed by atoms with E-state index in [1.807, 2.05) is 13.0 Å². The second kappa shape index (κ2) is 10.9. The molecule has 0 atom stereocenters. The Labute approximate surface area is 176 Å². The Morgan fingerprint density at radius 1 is 0.900 bits per heavy atom. The van der Waals surface area contributed by atoms with Gasteiger partial charge in [-0.2, -0.15) is 0 Å². The molecule has 0 aliphatic carbocycles.